The van der Waals surface area contributed by atoms with Crippen LogP contribution in [0.1, 0.15) is 41.4 Å². The summed E-state index contributed by atoms with van der Waals surface area (Å²) in [6.45, 7) is 10.3. The molecule has 0 aliphatic heterocycles. The molecule has 4 rings (SSSR count). The molecule has 0 unspecified atom stereocenters. The number of aryl methyl sites for hydroxylation is 3. The summed E-state index contributed by atoms with van der Waals surface area (Å²) in [6.07, 6.45) is 0. The van der Waals surface area contributed by atoms with Gasteiger partial charge in [0, 0.05) is 11.6 Å². The Labute approximate surface area is 185 Å². The molecule has 0 aliphatic rings. The highest BCUT2D eigenvalue weighted by Gasteiger charge is 2.22. The van der Waals surface area contributed by atoms with Gasteiger partial charge in [0.2, 0.25) is 0 Å². The molecule has 4 aromatic rings. The molecule has 8 nitrogen and oxygen atoms in total. The molecule has 32 heavy (non-hydrogen) atoms. The highest BCUT2D eigenvalue weighted by atomic mass is 16.5. The third kappa shape index (κ3) is 4.03. The molecule has 3 heterocycles. The highest BCUT2D eigenvalue weighted by molar-refractivity contribution is 6.13. The lowest BCUT2D eigenvalue weighted by Crippen LogP contribution is -2.14. The molecule has 1 amide bonds. The van der Waals surface area contributed by atoms with Crippen LogP contribution in [-0.2, 0) is 0 Å². The molecule has 0 bridgehead atoms. The van der Waals surface area contributed by atoms with Gasteiger partial charge in [-0.1, -0.05) is 5.16 Å². The maximum Gasteiger partial charge on any atom is 0.259 e. The number of furan rings is 1. The average molecular weight is 435 g/mol. The van der Waals surface area contributed by atoms with E-state index in [1.54, 1.807) is 31.2 Å². The number of hydrogen-bond acceptors (Lipinski definition) is 7. The van der Waals surface area contributed by atoms with Gasteiger partial charge in [-0.15, -0.1) is 0 Å². The number of nitrogens with one attached hydrogen (secondary N) is 1. The van der Waals surface area contributed by atoms with E-state index in [-0.39, 0.29) is 11.6 Å². The highest BCUT2D eigenvalue weighted by Crippen LogP contribution is 2.33. The van der Waals surface area contributed by atoms with Crippen molar-refractivity contribution >= 4 is 22.7 Å². The minimum atomic E-state index is -0.336. The van der Waals surface area contributed by atoms with E-state index in [1.807, 2.05) is 33.8 Å². The van der Waals surface area contributed by atoms with Crippen molar-refractivity contribution in [2.24, 2.45) is 0 Å². The molecule has 1 N–H and O–H groups in total. The van der Waals surface area contributed by atoms with E-state index in [4.69, 9.17) is 18.4 Å². The van der Waals surface area contributed by atoms with Crippen LogP contribution in [0.5, 0.6) is 11.5 Å². The maximum absolute atomic E-state index is 13.4. The molecule has 8 heteroatoms. The van der Waals surface area contributed by atoms with Gasteiger partial charge in [-0.05, 0) is 58.9 Å². The summed E-state index contributed by atoms with van der Waals surface area (Å²) in [5.74, 6) is 2.32. The van der Waals surface area contributed by atoms with E-state index >= 15 is 0 Å². The number of benzene rings is 1. The van der Waals surface area contributed by atoms with Crippen LogP contribution in [0.15, 0.2) is 39.3 Å². The van der Waals surface area contributed by atoms with Gasteiger partial charge >= 0.3 is 0 Å². The van der Waals surface area contributed by atoms with Gasteiger partial charge < -0.3 is 23.7 Å². The number of fused-ring (bicyclic) bond motifs is 1. The van der Waals surface area contributed by atoms with Crippen molar-refractivity contribution < 1.29 is 23.2 Å². The summed E-state index contributed by atoms with van der Waals surface area (Å²) >= 11 is 0. The molecule has 0 radical (unpaired) electrons. The minimum absolute atomic E-state index is 0.288. The zero-order valence-corrected chi connectivity index (χ0v) is 18.7. The molecule has 0 saturated carbocycles. The first-order chi connectivity index (χ1) is 15.4. The number of amides is 1. The third-order valence-corrected chi connectivity index (χ3v) is 4.99. The van der Waals surface area contributed by atoms with Crippen LogP contribution >= 0.6 is 0 Å². The summed E-state index contributed by atoms with van der Waals surface area (Å²) in [7, 11) is 0. The Morgan fingerprint density at radius 2 is 1.84 bits per heavy atom. The van der Waals surface area contributed by atoms with Crippen molar-refractivity contribution in [3.63, 3.8) is 0 Å². The largest absolute Gasteiger partial charge is 0.494 e. The summed E-state index contributed by atoms with van der Waals surface area (Å²) in [6, 6.07) is 8.94. The summed E-state index contributed by atoms with van der Waals surface area (Å²) in [4.78, 5) is 18.0. The van der Waals surface area contributed by atoms with Crippen LogP contribution < -0.4 is 14.8 Å². The predicted octanol–water partition coefficient (Wildman–Crippen LogP) is 5.46. The number of anilines is 1. The molecule has 166 valence electrons. The zero-order valence-electron chi connectivity index (χ0n) is 18.7. The first-order valence-electron chi connectivity index (χ1n) is 10.5. The van der Waals surface area contributed by atoms with Gasteiger partial charge in [-0.3, -0.25) is 4.79 Å². The van der Waals surface area contributed by atoms with Gasteiger partial charge in [-0.25, -0.2) is 4.98 Å². The van der Waals surface area contributed by atoms with Gasteiger partial charge in [0.15, 0.2) is 0 Å². The number of rotatable bonds is 7. The smallest absolute Gasteiger partial charge is 0.259 e. The van der Waals surface area contributed by atoms with Crippen molar-refractivity contribution in [3.8, 4) is 22.8 Å². The fourth-order valence-electron chi connectivity index (χ4n) is 3.63. The van der Waals surface area contributed by atoms with Gasteiger partial charge in [0.25, 0.3) is 11.6 Å². The standard InChI is InChI=1S/C24H25N3O5/c1-6-29-16-8-9-21(30-7-2)20(11-16)25-23(28)18-12-19(17-10-13(3)31-15(17)5)26-24-22(18)14(4)27-32-24/h8-12H,6-7H2,1-5H3,(H,25,28). The van der Waals surface area contributed by atoms with E-state index < -0.39 is 0 Å². The maximum atomic E-state index is 13.4. The van der Waals surface area contributed by atoms with Gasteiger partial charge in [0.05, 0.1) is 41.2 Å². The number of ether oxygens (including phenoxy) is 2. The van der Waals surface area contributed by atoms with E-state index in [2.05, 4.69) is 15.5 Å². The molecular formula is C24H25N3O5. The van der Waals surface area contributed by atoms with Crippen molar-refractivity contribution in [3.05, 3.63) is 53.1 Å². The Hall–Kier alpha value is -3.81. The summed E-state index contributed by atoms with van der Waals surface area (Å²) in [5.41, 5.74) is 3.14. The van der Waals surface area contributed by atoms with E-state index in [0.717, 1.165) is 11.3 Å². The lowest BCUT2D eigenvalue weighted by Gasteiger charge is -2.14. The molecule has 3 aromatic heterocycles. The lowest BCUT2D eigenvalue weighted by atomic mass is 10.1. The Bertz CT molecular complexity index is 1290. The number of hydrogen-bond donors (Lipinski definition) is 1. The monoisotopic (exact) mass is 435 g/mol. The molecule has 0 aliphatic carbocycles. The van der Waals surface area contributed by atoms with Crippen LogP contribution in [0, 0.1) is 20.8 Å². The van der Waals surface area contributed by atoms with Crippen molar-refractivity contribution in [2.45, 2.75) is 34.6 Å². The Kier molecular flexibility index (Phi) is 5.85. The lowest BCUT2D eigenvalue weighted by molar-refractivity contribution is 0.102. The number of nitrogens with zero attached hydrogens (tertiary/aromatic N) is 2. The fourth-order valence-corrected chi connectivity index (χ4v) is 3.63. The Morgan fingerprint density at radius 1 is 1.06 bits per heavy atom. The van der Waals surface area contributed by atoms with Crippen LogP contribution in [0.2, 0.25) is 0 Å². The second-order valence-corrected chi connectivity index (χ2v) is 7.31. The normalized spacial score (nSPS) is 11.0. The number of aromatic nitrogens is 2. The van der Waals surface area contributed by atoms with Crippen LogP contribution in [0.25, 0.3) is 22.4 Å². The second-order valence-electron chi connectivity index (χ2n) is 7.31. The Morgan fingerprint density at radius 3 is 2.53 bits per heavy atom. The number of carbonyl (C=O) groups is 1. The van der Waals surface area contributed by atoms with E-state index in [9.17, 15) is 4.79 Å². The van der Waals surface area contributed by atoms with Crippen LogP contribution in [0.4, 0.5) is 5.69 Å². The Balaban J connectivity index is 1.79. The van der Waals surface area contributed by atoms with E-state index in [0.29, 0.717) is 58.5 Å². The third-order valence-electron chi connectivity index (χ3n) is 4.99. The molecule has 0 atom stereocenters. The SMILES string of the molecule is CCOc1ccc(OCC)c(NC(=O)c2cc(-c3cc(C)oc3C)nc3onc(C)c23)c1. The second kappa shape index (κ2) is 8.74. The van der Waals surface area contributed by atoms with E-state index in [1.165, 1.54) is 0 Å². The molecular weight excluding hydrogens is 410 g/mol. The summed E-state index contributed by atoms with van der Waals surface area (Å²) in [5, 5.41) is 7.52. The average Bonchev–Trinajstić information content (AvgIpc) is 3.30. The topological polar surface area (TPSA) is 99.6 Å². The van der Waals surface area contributed by atoms with Crippen molar-refractivity contribution in [1.82, 2.24) is 10.1 Å². The van der Waals surface area contributed by atoms with Gasteiger partial charge in [-0.2, -0.15) is 0 Å². The van der Waals surface area contributed by atoms with Crippen molar-refractivity contribution in [1.29, 1.82) is 0 Å². The van der Waals surface area contributed by atoms with Crippen molar-refractivity contribution in [2.75, 3.05) is 18.5 Å². The summed E-state index contributed by atoms with van der Waals surface area (Å²) < 4.78 is 22.3. The fraction of sp³-hybridized carbons (Fsp3) is 0.292. The molecule has 0 saturated heterocycles. The molecule has 0 fully saturated rings. The quantitative estimate of drug-likeness (QED) is 0.411. The first kappa shape index (κ1) is 21.4. The zero-order chi connectivity index (χ0) is 22.8. The van der Waals surface area contributed by atoms with Gasteiger partial charge in [0.1, 0.15) is 23.0 Å². The molecule has 0 spiro atoms. The number of pyridine rings is 1. The predicted molar refractivity (Wildman–Crippen MR) is 120 cm³/mol. The number of carbonyl (C=O) groups excluding carboxylic acids is 1. The molecule has 1 aromatic carbocycles. The first-order valence-corrected chi connectivity index (χ1v) is 10.5. The minimum Gasteiger partial charge on any atom is -0.494 e. The van der Waals surface area contributed by atoms with Crippen LogP contribution in [0.3, 0.4) is 0 Å². The van der Waals surface area contributed by atoms with Crippen LogP contribution in [-0.4, -0.2) is 29.3 Å².